The molecule has 1 aliphatic heterocycles. The van der Waals surface area contributed by atoms with E-state index in [1.807, 2.05) is 12.1 Å². The number of aromatic nitrogens is 5. The van der Waals surface area contributed by atoms with E-state index in [0.29, 0.717) is 11.4 Å². The summed E-state index contributed by atoms with van der Waals surface area (Å²) < 4.78 is 15.2. The van der Waals surface area contributed by atoms with Crippen LogP contribution in [-0.4, -0.2) is 44.0 Å². The number of benzene rings is 1. The van der Waals surface area contributed by atoms with E-state index in [2.05, 4.69) is 30.5 Å². The lowest BCUT2D eigenvalue weighted by atomic mass is 9.96. The molecule has 0 saturated carbocycles. The van der Waals surface area contributed by atoms with Crippen molar-refractivity contribution in [2.45, 2.75) is 19.4 Å². The predicted octanol–water partition coefficient (Wildman–Crippen LogP) is 1.73. The van der Waals surface area contributed by atoms with Gasteiger partial charge >= 0.3 is 0 Å². The van der Waals surface area contributed by atoms with Crippen LogP contribution < -0.4 is 10.2 Å². The largest absolute Gasteiger partial charge is 0.355 e. The topological polar surface area (TPSA) is 88.8 Å². The molecular formula is C19H20FN7O. The van der Waals surface area contributed by atoms with Crippen LogP contribution in [0.3, 0.4) is 0 Å². The van der Waals surface area contributed by atoms with Crippen molar-refractivity contribution in [2.75, 3.05) is 18.0 Å². The van der Waals surface area contributed by atoms with Crippen molar-refractivity contribution < 1.29 is 9.18 Å². The minimum atomic E-state index is -0.300. The molecule has 28 heavy (non-hydrogen) atoms. The highest BCUT2D eigenvalue weighted by Crippen LogP contribution is 2.22. The summed E-state index contributed by atoms with van der Waals surface area (Å²) in [5.74, 6) is 0.962. The van der Waals surface area contributed by atoms with Crippen LogP contribution in [0.25, 0.3) is 5.82 Å². The van der Waals surface area contributed by atoms with Gasteiger partial charge in [0.15, 0.2) is 11.6 Å². The lowest BCUT2D eigenvalue weighted by Crippen LogP contribution is -2.40. The van der Waals surface area contributed by atoms with Gasteiger partial charge in [-0.15, -0.1) is 10.2 Å². The van der Waals surface area contributed by atoms with Crippen molar-refractivity contribution >= 4 is 11.7 Å². The fourth-order valence-corrected chi connectivity index (χ4v) is 3.27. The quantitative estimate of drug-likeness (QED) is 0.724. The highest BCUT2D eigenvalue weighted by atomic mass is 19.1. The zero-order chi connectivity index (χ0) is 19.3. The fourth-order valence-electron chi connectivity index (χ4n) is 3.27. The van der Waals surface area contributed by atoms with Gasteiger partial charge in [-0.3, -0.25) is 4.79 Å². The van der Waals surface area contributed by atoms with Crippen LogP contribution >= 0.6 is 0 Å². The number of hydrogen-bond donors (Lipinski definition) is 1. The monoisotopic (exact) mass is 381 g/mol. The Bertz CT molecular complexity index is 922. The van der Waals surface area contributed by atoms with Gasteiger partial charge in [0.25, 0.3) is 0 Å². The summed E-state index contributed by atoms with van der Waals surface area (Å²) in [6.07, 6.45) is 4.44. The van der Waals surface area contributed by atoms with Crippen molar-refractivity contribution in [3.8, 4) is 5.82 Å². The van der Waals surface area contributed by atoms with E-state index in [9.17, 15) is 9.18 Å². The van der Waals surface area contributed by atoms with E-state index in [0.717, 1.165) is 31.7 Å². The minimum Gasteiger partial charge on any atom is -0.355 e. The van der Waals surface area contributed by atoms with E-state index in [-0.39, 0.29) is 24.2 Å². The fraction of sp³-hybridized carbons (Fsp3) is 0.316. The molecule has 1 aliphatic rings. The highest BCUT2D eigenvalue weighted by Gasteiger charge is 2.25. The molecule has 0 radical (unpaired) electrons. The molecule has 2 aromatic heterocycles. The average Bonchev–Trinajstić information content (AvgIpc) is 3.28. The second kappa shape index (κ2) is 8.12. The van der Waals surface area contributed by atoms with Crippen LogP contribution in [0.5, 0.6) is 0 Å². The van der Waals surface area contributed by atoms with Crippen molar-refractivity contribution in [3.63, 3.8) is 0 Å². The molecule has 0 spiro atoms. The summed E-state index contributed by atoms with van der Waals surface area (Å²) in [4.78, 5) is 18.4. The zero-order valence-corrected chi connectivity index (χ0v) is 15.2. The Hall–Kier alpha value is -3.36. The lowest BCUT2D eigenvalue weighted by molar-refractivity contribution is -0.125. The molecule has 9 heteroatoms. The van der Waals surface area contributed by atoms with Crippen LogP contribution in [0.15, 0.2) is 49.1 Å². The summed E-state index contributed by atoms with van der Waals surface area (Å²) in [6.45, 7) is 1.64. The Morgan fingerprint density at radius 1 is 1.11 bits per heavy atom. The first-order chi connectivity index (χ1) is 13.7. The third kappa shape index (κ3) is 3.98. The van der Waals surface area contributed by atoms with Crippen molar-refractivity contribution in [3.05, 3.63) is 60.4 Å². The Kier molecular flexibility index (Phi) is 5.22. The van der Waals surface area contributed by atoms with E-state index in [4.69, 9.17) is 0 Å². The molecule has 3 aromatic rings. The molecule has 1 N–H and O–H groups in total. The Morgan fingerprint density at radius 3 is 2.54 bits per heavy atom. The molecule has 8 nitrogen and oxygen atoms in total. The second-order valence-corrected chi connectivity index (χ2v) is 6.66. The number of hydrogen-bond acceptors (Lipinski definition) is 6. The molecule has 0 bridgehead atoms. The number of carbonyl (C=O) groups is 1. The summed E-state index contributed by atoms with van der Waals surface area (Å²) in [5.41, 5.74) is 0.496. The third-order valence-electron chi connectivity index (χ3n) is 4.89. The Labute approximate surface area is 161 Å². The van der Waals surface area contributed by atoms with Gasteiger partial charge in [0.2, 0.25) is 5.91 Å². The van der Waals surface area contributed by atoms with Gasteiger partial charge in [0, 0.05) is 31.1 Å². The maximum Gasteiger partial charge on any atom is 0.223 e. The number of halogens is 1. The Balaban J connectivity index is 1.29. The third-order valence-corrected chi connectivity index (χ3v) is 4.89. The van der Waals surface area contributed by atoms with Crippen LogP contribution in [0, 0.1) is 11.7 Å². The number of amides is 1. The zero-order valence-electron chi connectivity index (χ0n) is 15.2. The standard InChI is InChI=1S/C19H20FN7O/c20-16-4-2-1-3-15(16)11-22-19(28)14-7-9-26(10-8-14)17-5-6-18(25-24-17)27-13-21-12-23-27/h1-6,12-14H,7-11H2,(H,22,28). The molecule has 0 unspecified atom stereocenters. The molecule has 0 aliphatic carbocycles. The first-order valence-electron chi connectivity index (χ1n) is 9.15. The van der Waals surface area contributed by atoms with Crippen molar-refractivity contribution in [1.82, 2.24) is 30.3 Å². The number of rotatable bonds is 5. The highest BCUT2D eigenvalue weighted by molar-refractivity contribution is 5.79. The van der Waals surface area contributed by atoms with E-state index < -0.39 is 0 Å². The van der Waals surface area contributed by atoms with Crippen LogP contribution in [-0.2, 0) is 11.3 Å². The first-order valence-corrected chi connectivity index (χ1v) is 9.15. The minimum absolute atomic E-state index is 0.0319. The lowest BCUT2D eigenvalue weighted by Gasteiger charge is -2.31. The molecule has 1 saturated heterocycles. The van der Waals surface area contributed by atoms with Crippen molar-refractivity contribution in [1.29, 1.82) is 0 Å². The summed E-state index contributed by atoms with van der Waals surface area (Å²) in [6, 6.07) is 10.2. The molecule has 144 valence electrons. The SMILES string of the molecule is O=C(NCc1ccccc1F)C1CCN(c2ccc(-n3cncn3)nn2)CC1. The maximum atomic E-state index is 13.7. The van der Waals surface area contributed by atoms with Crippen molar-refractivity contribution in [2.24, 2.45) is 5.92 Å². The first kappa shape index (κ1) is 18.0. The molecule has 0 atom stereocenters. The number of anilines is 1. The molecule has 1 fully saturated rings. The molecule has 4 rings (SSSR count). The van der Waals surface area contributed by atoms with Gasteiger partial charge < -0.3 is 10.2 Å². The van der Waals surface area contributed by atoms with Crippen LogP contribution in [0.4, 0.5) is 10.2 Å². The number of nitrogens with zero attached hydrogens (tertiary/aromatic N) is 6. The van der Waals surface area contributed by atoms with Gasteiger partial charge in [0.1, 0.15) is 18.5 Å². The van der Waals surface area contributed by atoms with Crippen LogP contribution in [0.2, 0.25) is 0 Å². The predicted molar refractivity (Wildman–Crippen MR) is 100 cm³/mol. The molecule has 1 aromatic carbocycles. The Morgan fingerprint density at radius 2 is 1.86 bits per heavy atom. The van der Waals surface area contributed by atoms with Gasteiger partial charge in [-0.05, 0) is 31.0 Å². The van der Waals surface area contributed by atoms with Crippen LogP contribution in [0.1, 0.15) is 18.4 Å². The molecule has 1 amide bonds. The van der Waals surface area contributed by atoms with E-state index >= 15 is 0 Å². The van der Waals surface area contributed by atoms with E-state index in [1.54, 1.807) is 29.2 Å². The number of carbonyl (C=O) groups excluding carboxylic acids is 1. The summed E-state index contributed by atoms with van der Waals surface area (Å²) in [7, 11) is 0. The van der Waals surface area contributed by atoms with Gasteiger partial charge in [-0.1, -0.05) is 18.2 Å². The van der Waals surface area contributed by atoms with Gasteiger partial charge in [0.05, 0.1) is 0 Å². The second-order valence-electron chi connectivity index (χ2n) is 6.66. The molecule has 3 heterocycles. The van der Waals surface area contributed by atoms with Gasteiger partial charge in [-0.25, -0.2) is 14.1 Å². The van der Waals surface area contributed by atoms with E-state index in [1.165, 1.54) is 12.4 Å². The van der Waals surface area contributed by atoms with Gasteiger partial charge in [-0.2, -0.15) is 5.10 Å². The maximum absolute atomic E-state index is 13.7. The summed E-state index contributed by atoms with van der Waals surface area (Å²) in [5, 5.41) is 15.3. The molecular weight excluding hydrogens is 361 g/mol. The number of piperidine rings is 1. The number of nitrogens with one attached hydrogen (secondary N) is 1. The average molecular weight is 381 g/mol. The summed E-state index contributed by atoms with van der Waals surface area (Å²) >= 11 is 0. The smallest absolute Gasteiger partial charge is 0.223 e. The normalized spacial score (nSPS) is 14.8.